The number of allylic oxidation sites excluding steroid dienone is 1. The Morgan fingerprint density at radius 2 is 2.00 bits per heavy atom. The van der Waals surface area contributed by atoms with E-state index in [2.05, 4.69) is 9.97 Å². The molecule has 1 atom stereocenters. The van der Waals surface area contributed by atoms with Gasteiger partial charge in [0.15, 0.2) is 0 Å². The predicted octanol–water partition coefficient (Wildman–Crippen LogP) is 2.91. The van der Waals surface area contributed by atoms with Crippen LogP contribution in [0.2, 0.25) is 0 Å². The molecule has 0 aliphatic heterocycles. The lowest BCUT2D eigenvalue weighted by molar-refractivity contribution is -0.131. The third-order valence-corrected chi connectivity index (χ3v) is 3.58. The van der Waals surface area contributed by atoms with Crippen LogP contribution in [0.25, 0.3) is 5.57 Å². The minimum absolute atomic E-state index is 0.132. The van der Waals surface area contributed by atoms with Crippen molar-refractivity contribution >= 4 is 11.5 Å². The molecule has 0 radical (unpaired) electrons. The Hall–Kier alpha value is -2.60. The van der Waals surface area contributed by atoms with Gasteiger partial charge in [0.05, 0.1) is 5.92 Å². The molecule has 1 aliphatic rings. The first-order valence-corrected chi connectivity index (χ1v) is 7.23. The number of amides is 1. The van der Waals surface area contributed by atoms with E-state index < -0.39 is 0 Å². The Balaban J connectivity index is 0.000000203. The maximum absolute atomic E-state index is 12.3. The average Bonchev–Trinajstić information content (AvgIpc) is 3.08. The highest BCUT2D eigenvalue weighted by Crippen LogP contribution is 2.30. The minimum Gasteiger partial charge on any atom is -0.289 e. The lowest BCUT2D eigenvalue weighted by Gasteiger charge is -2.01. The number of nitrogens with one attached hydrogen (secondary N) is 1. The summed E-state index contributed by atoms with van der Waals surface area (Å²) in [7, 11) is 0. The number of halogens is 1. The molecular formula is C17H18FN3O2. The van der Waals surface area contributed by atoms with E-state index in [0.717, 1.165) is 24.0 Å². The van der Waals surface area contributed by atoms with E-state index in [9.17, 15) is 9.18 Å². The zero-order chi connectivity index (χ0) is 16.7. The van der Waals surface area contributed by atoms with E-state index in [1.165, 1.54) is 12.4 Å². The molecule has 3 rings (SSSR count). The molecule has 1 amide bonds. The van der Waals surface area contributed by atoms with Crippen molar-refractivity contribution in [2.45, 2.75) is 19.8 Å². The molecule has 0 saturated heterocycles. The van der Waals surface area contributed by atoms with Crippen LogP contribution in [0, 0.1) is 18.7 Å². The van der Waals surface area contributed by atoms with Crippen molar-refractivity contribution in [1.29, 1.82) is 0 Å². The van der Waals surface area contributed by atoms with E-state index in [-0.39, 0.29) is 17.6 Å². The van der Waals surface area contributed by atoms with Crippen LogP contribution in [0.3, 0.4) is 0 Å². The molecule has 23 heavy (non-hydrogen) atoms. The fraction of sp³-hybridized carbons (Fsp3) is 0.235. The standard InChI is InChI=1S/C10H11N3O2.C7H7F/c14-10(13-15)8-2-1-7(3-8)9-4-11-6-12-5-9;1-6-4-2-3-5-7(6)8/h3-6,8,15H,1-2H2,(H,13,14);2-5H,1H3. The molecule has 1 unspecified atom stereocenters. The smallest absolute Gasteiger partial charge is 0.250 e. The zero-order valence-electron chi connectivity index (χ0n) is 12.7. The third kappa shape index (κ3) is 4.69. The normalized spacial score (nSPS) is 16.1. The fourth-order valence-corrected chi connectivity index (χ4v) is 2.27. The highest BCUT2D eigenvalue weighted by Gasteiger charge is 2.22. The number of nitrogens with zero attached hydrogens (tertiary/aromatic N) is 2. The Bertz CT molecular complexity index is 668. The summed E-state index contributed by atoms with van der Waals surface area (Å²) in [4.78, 5) is 19.0. The van der Waals surface area contributed by atoms with Crippen LogP contribution < -0.4 is 5.48 Å². The molecule has 120 valence electrons. The van der Waals surface area contributed by atoms with Gasteiger partial charge in [-0.05, 0) is 37.0 Å². The van der Waals surface area contributed by atoms with Crippen molar-refractivity contribution in [2.75, 3.05) is 0 Å². The molecule has 5 nitrogen and oxygen atoms in total. The number of carbonyl (C=O) groups excluding carboxylic acids is 1. The van der Waals surface area contributed by atoms with Gasteiger partial charge < -0.3 is 0 Å². The van der Waals surface area contributed by atoms with Gasteiger partial charge in [0, 0.05) is 18.0 Å². The van der Waals surface area contributed by atoms with Crippen molar-refractivity contribution in [2.24, 2.45) is 5.92 Å². The molecule has 1 aliphatic carbocycles. The average molecular weight is 315 g/mol. The summed E-state index contributed by atoms with van der Waals surface area (Å²) in [5, 5.41) is 8.50. The summed E-state index contributed by atoms with van der Waals surface area (Å²) >= 11 is 0. The van der Waals surface area contributed by atoms with Crippen LogP contribution in [0.15, 0.2) is 49.1 Å². The van der Waals surface area contributed by atoms with Crippen LogP contribution in [-0.2, 0) is 4.79 Å². The largest absolute Gasteiger partial charge is 0.289 e. The van der Waals surface area contributed by atoms with Crippen LogP contribution in [0.5, 0.6) is 0 Å². The molecule has 0 bridgehead atoms. The second-order valence-corrected chi connectivity index (χ2v) is 5.19. The fourth-order valence-electron chi connectivity index (χ4n) is 2.27. The molecule has 1 aromatic carbocycles. The topological polar surface area (TPSA) is 75.1 Å². The SMILES string of the molecule is Cc1ccccc1F.O=C(NO)C1C=C(c2cncnc2)CC1. The van der Waals surface area contributed by atoms with Gasteiger partial charge in [0.1, 0.15) is 12.1 Å². The molecular weight excluding hydrogens is 297 g/mol. The first-order valence-electron chi connectivity index (χ1n) is 7.23. The molecule has 0 spiro atoms. The van der Waals surface area contributed by atoms with E-state index in [1.807, 2.05) is 12.1 Å². The van der Waals surface area contributed by atoms with E-state index in [0.29, 0.717) is 5.56 Å². The maximum atomic E-state index is 12.3. The number of rotatable bonds is 2. The van der Waals surface area contributed by atoms with Crippen LogP contribution in [0.4, 0.5) is 4.39 Å². The Kier molecular flexibility index (Phi) is 5.94. The van der Waals surface area contributed by atoms with Gasteiger partial charge >= 0.3 is 0 Å². The van der Waals surface area contributed by atoms with Crippen molar-refractivity contribution in [3.05, 3.63) is 66.0 Å². The lowest BCUT2D eigenvalue weighted by Crippen LogP contribution is -2.25. The number of benzene rings is 1. The van der Waals surface area contributed by atoms with Crippen LogP contribution in [-0.4, -0.2) is 21.1 Å². The van der Waals surface area contributed by atoms with E-state index in [1.54, 1.807) is 36.9 Å². The minimum atomic E-state index is -0.359. The van der Waals surface area contributed by atoms with Crippen molar-refractivity contribution in [3.63, 3.8) is 0 Å². The van der Waals surface area contributed by atoms with E-state index >= 15 is 0 Å². The molecule has 1 aromatic heterocycles. The number of hydrogen-bond acceptors (Lipinski definition) is 4. The number of hydrogen-bond donors (Lipinski definition) is 2. The Morgan fingerprint density at radius 1 is 1.30 bits per heavy atom. The summed E-state index contributed by atoms with van der Waals surface area (Å²) in [5.74, 6) is -0.737. The van der Waals surface area contributed by atoms with Gasteiger partial charge in [-0.3, -0.25) is 10.0 Å². The van der Waals surface area contributed by atoms with Crippen LogP contribution in [0.1, 0.15) is 24.0 Å². The summed E-state index contributed by atoms with van der Waals surface area (Å²) in [6, 6.07) is 6.70. The molecule has 1 heterocycles. The highest BCUT2D eigenvalue weighted by molar-refractivity contribution is 5.84. The zero-order valence-corrected chi connectivity index (χ0v) is 12.7. The second-order valence-electron chi connectivity index (χ2n) is 5.19. The first-order chi connectivity index (χ1) is 11.1. The maximum Gasteiger partial charge on any atom is 0.250 e. The lowest BCUT2D eigenvalue weighted by atomic mass is 10.1. The Morgan fingerprint density at radius 3 is 2.57 bits per heavy atom. The number of hydroxylamine groups is 1. The van der Waals surface area contributed by atoms with Crippen molar-refractivity contribution < 1.29 is 14.4 Å². The number of aryl methyl sites for hydroxylation is 1. The molecule has 2 aromatic rings. The summed E-state index contributed by atoms with van der Waals surface area (Å²) in [6.07, 6.45) is 8.29. The van der Waals surface area contributed by atoms with E-state index in [4.69, 9.17) is 5.21 Å². The summed E-state index contributed by atoms with van der Waals surface area (Å²) in [6.45, 7) is 1.75. The van der Waals surface area contributed by atoms with Gasteiger partial charge in [-0.2, -0.15) is 0 Å². The molecule has 0 fully saturated rings. The molecule has 0 saturated carbocycles. The van der Waals surface area contributed by atoms with Gasteiger partial charge in [-0.15, -0.1) is 0 Å². The summed E-state index contributed by atoms with van der Waals surface area (Å²) in [5.41, 5.74) is 4.36. The quantitative estimate of drug-likeness (QED) is 0.660. The first kappa shape index (κ1) is 16.8. The second kappa shape index (κ2) is 8.14. The van der Waals surface area contributed by atoms with Crippen molar-refractivity contribution in [1.82, 2.24) is 15.4 Å². The van der Waals surface area contributed by atoms with Crippen LogP contribution >= 0.6 is 0 Å². The Labute approximate surface area is 133 Å². The predicted molar refractivity (Wildman–Crippen MR) is 83.8 cm³/mol. The molecule has 2 N–H and O–H groups in total. The number of carbonyl (C=O) groups is 1. The van der Waals surface area contributed by atoms with Gasteiger partial charge in [-0.25, -0.2) is 19.8 Å². The third-order valence-electron chi connectivity index (χ3n) is 3.58. The van der Waals surface area contributed by atoms with Gasteiger partial charge in [0.2, 0.25) is 5.91 Å². The molecule has 6 heteroatoms. The summed E-state index contributed by atoms with van der Waals surface area (Å²) < 4.78 is 12.3. The van der Waals surface area contributed by atoms with Gasteiger partial charge in [0.25, 0.3) is 0 Å². The monoisotopic (exact) mass is 315 g/mol. The highest BCUT2D eigenvalue weighted by atomic mass is 19.1. The van der Waals surface area contributed by atoms with Gasteiger partial charge in [-0.1, -0.05) is 24.3 Å². The number of aromatic nitrogens is 2. The van der Waals surface area contributed by atoms with Crippen molar-refractivity contribution in [3.8, 4) is 0 Å².